The van der Waals surface area contributed by atoms with Crippen LogP contribution in [0.1, 0.15) is 57.6 Å². The van der Waals surface area contributed by atoms with Crippen molar-refractivity contribution in [2.75, 3.05) is 13.1 Å². The number of piperidine rings is 1. The fourth-order valence-electron chi connectivity index (χ4n) is 3.50. The largest absolute Gasteiger partial charge is 0.314 e. The number of nitrogens with zero attached hydrogens (tertiary/aromatic N) is 4. The van der Waals surface area contributed by atoms with Crippen molar-refractivity contribution < 1.29 is 0 Å². The van der Waals surface area contributed by atoms with E-state index < -0.39 is 0 Å². The van der Waals surface area contributed by atoms with Gasteiger partial charge in [-0.2, -0.15) is 0 Å². The van der Waals surface area contributed by atoms with E-state index in [1.807, 2.05) is 0 Å². The lowest BCUT2D eigenvalue weighted by atomic mass is 9.95. The molecule has 4 heteroatoms. The molecule has 0 bridgehead atoms. The van der Waals surface area contributed by atoms with Crippen LogP contribution in [-0.4, -0.2) is 38.8 Å². The van der Waals surface area contributed by atoms with Gasteiger partial charge in [-0.05, 0) is 45.6 Å². The second-order valence-corrected chi connectivity index (χ2v) is 6.66. The molecular weight excluding hydrogens is 236 g/mol. The van der Waals surface area contributed by atoms with Gasteiger partial charge in [-0.3, -0.25) is 0 Å². The standard InChI is InChI=1S/C15H26N4/c1-11(2)18-8-4-5-13(10-18)15-17-16-14-7-6-12(3)9-19(14)15/h11-13H,4-10H2,1-3H3. The van der Waals surface area contributed by atoms with Crippen molar-refractivity contribution in [2.24, 2.45) is 5.92 Å². The highest BCUT2D eigenvalue weighted by Gasteiger charge is 2.29. The molecule has 1 aromatic rings. The van der Waals surface area contributed by atoms with Gasteiger partial charge in [-0.15, -0.1) is 10.2 Å². The monoisotopic (exact) mass is 262 g/mol. The molecule has 0 radical (unpaired) electrons. The van der Waals surface area contributed by atoms with Gasteiger partial charge in [0.15, 0.2) is 0 Å². The number of hydrogen-bond acceptors (Lipinski definition) is 3. The van der Waals surface area contributed by atoms with Crippen LogP contribution in [0.2, 0.25) is 0 Å². The molecule has 3 rings (SSSR count). The Morgan fingerprint density at radius 3 is 2.79 bits per heavy atom. The van der Waals surface area contributed by atoms with Crippen molar-refractivity contribution in [3.05, 3.63) is 11.6 Å². The Hall–Kier alpha value is -0.900. The third kappa shape index (κ3) is 2.55. The Morgan fingerprint density at radius 2 is 2.00 bits per heavy atom. The third-order valence-electron chi connectivity index (χ3n) is 4.76. The van der Waals surface area contributed by atoms with Crippen molar-refractivity contribution in [3.8, 4) is 0 Å². The lowest BCUT2D eigenvalue weighted by Gasteiger charge is -2.35. The highest BCUT2D eigenvalue weighted by molar-refractivity contribution is 5.07. The first kappa shape index (κ1) is 13.1. The van der Waals surface area contributed by atoms with Crippen LogP contribution < -0.4 is 0 Å². The number of rotatable bonds is 2. The van der Waals surface area contributed by atoms with Crippen molar-refractivity contribution in [1.29, 1.82) is 0 Å². The van der Waals surface area contributed by atoms with Crippen LogP contribution in [-0.2, 0) is 13.0 Å². The molecule has 1 fully saturated rings. The van der Waals surface area contributed by atoms with Crippen LogP contribution in [0, 0.1) is 5.92 Å². The first-order valence-electron chi connectivity index (χ1n) is 7.81. The second-order valence-electron chi connectivity index (χ2n) is 6.66. The molecule has 0 saturated carbocycles. The normalized spacial score (nSPS) is 28.6. The van der Waals surface area contributed by atoms with Crippen molar-refractivity contribution in [2.45, 2.75) is 65.0 Å². The minimum atomic E-state index is 0.586. The summed E-state index contributed by atoms with van der Waals surface area (Å²) < 4.78 is 2.42. The quantitative estimate of drug-likeness (QED) is 0.821. The topological polar surface area (TPSA) is 34.0 Å². The third-order valence-corrected chi connectivity index (χ3v) is 4.76. The summed E-state index contributed by atoms with van der Waals surface area (Å²) in [4.78, 5) is 2.59. The van der Waals surface area contributed by atoms with Gasteiger partial charge in [0, 0.05) is 31.5 Å². The van der Waals surface area contributed by atoms with E-state index in [-0.39, 0.29) is 0 Å². The molecule has 1 saturated heterocycles. The van der Waals surface area contributed by atoms with Crippen LogP contribution in [0.5, 0.6) is 0 Å². The van der Waals surface area contributed by atoms with Gasteiger partial charge < -0.3 is 9.47 Å². The molecule has 0 N–H and O–H groups in total. The van der Waals surface area contributed by atoms with E-state index in [2.05, 4.69) is 40.4 Å². The van der Waals surface area contributed by atoms with Gasteiger partial charge in [0.05, 0.1) is 0 Å². The Bertz CT molecular complexity index is 437. The van der Waals surface area contributed by atoms with Crippen LogP contribution in [0.15, 0.2) is 0 Å². The van der Waals surface area contributed by atoms with Crippen LogP contribution in [0.4, 0.5) is 0 Å². The smallest absolute Gasteiger partial charge is 0.137 e. The molecule has 19 heavy (non-hydrogen) atoms. The zero-order valence-corrected chi connectivity index (χ0v) is 12.5. The summed E-state index contributed by atoms with van der Waals surface area (Å²) in [6, 6.07) is 0.644. The Kier molecular flexibility index (Phi) is 3.61. The fraction of sp³-hybridized carbons (Fsp3) is 0.867. The average molecular weight is 262 g/mol. The number of aromatic nitrogens is 3. The van der Waals surface area contributed by atoms with E-state index >= 15 is 0 Å². The predicted octanol–water partition coefficient (Wildman–Crippen LogP) is 2.45. The fourth-order valence-corrected chi connectivity index (χ4v) is 3.50. The van der Waals surface area contributed by atoms with Crippen molar-refractivity contribution >= 4 is 0 Å². The number of likely N-dealkylation sites (tertiary alicyclic amines) is 1. The summed E-state index contributed by atoms with van der Waals surface area (Å²) in [5, 5.41) is 8.97. The molecule has 2 atom stereocenters. The summed E-state index contributed by atoms with van der Waals surface area (Å²) in [5.41, 5.74) is 0. The summed E-state index contributed by atoms with van der Waals surface area (Å²) in [6.07, 6.45) is 4.94. The van der Waals surface area contributed by atoms with E-state index in [1.54, 1.807) is 0 Å². The lowest BCUT2D eigenvalue weighted by molar-refractivity contribution is 0.162. The molecule has 106 valence electrons. The second kappa shape index (κ2) is 5.23. The molecular formula is C15H26N4. The Morgan fingerprint density at radius 1 is 1.16 bits per heavy atom. The summed E-state index contributed by atoms with van der Waals surface area (Å²) >= 11 is 0. The maximum absolute atomic E-state index is 4.54. The van der Waals surface area contributed by atoms with Gasteiger partial charge in [-0.25, -0.2) is 0 Å². The van der Waals surface area contributed by atoms with Gasteiger partial charge in [0.2, 0.25) is 0 Å². The zero-order valence-electron chi connectivity index (χ0n) is 12.5. The Balaban J connectivity index is 1.80. The maximum Gasteiger partial charge on any atom is 0.137 e. The number of aryl methyl sites for hydroxylation is 1. The molecule has 1 aromatic heterocycles. The van der Waals surface area contributed by atoms with Crippen molar-refractivity contribution in [1.82, 2.24) is 19.7 Å². The van der Waals surface area contributed by atoms with E-state index in [1.165, 1.54) is 37.5 Å². The van der Waals surface area contributed by atoms with Gasteiger partial charge in [0.1, 0.15) is 11.6 Å². The molecule has 3 heterocycles. The SMILES string of the molecule is CC1CCc2nnc(C3CCCN(C(C)C)C3)n2C1. The van der Waals surface area contributed by atoms with Gasteiger partial charge in [-0.1, -0.05) is 6.92 Å². The van der Waals surface area contributed by atoms with E-state index in [0.717, 1.165) is 25.4 Å². The first-order chi connectivity index (χ1) is 9.15. The van der Waals surface area contributed by atoms with Crippen molar-refractivity contribution in [3.63, 3.8) is 0 Å². The van der Waals surface area contributed by atoms with Crippen LogP contribution >= 0.6 is 0 Å². The van der Waals surface area contributed by atoms with Gasteiger partial charge >= 0.3 is 0 Å². The lowest BCUT2D eigenvalue weighted by Crippen LogP contribution is -2.40. The zero-order chi connectivity index (χ0) is 13.4. The van der Waals surface area contributed by atoms with E-state index in [9.17, 15) is 0 Å². The molecule has 2 unspecified atom stereocenters. The predicted molar refractivity (Wildman–Crippen MR) is 76.2 cm³/mol. The molecule has 2 aliphatic heterocycles. The molecule has 2 aliphatic rings. The molecule has 4 nitrogen and oxygen atoms in total. The average Bonchev–Trinajstić information content (AvgIpc) is 2.81. The van der Waals surface area contributed by atoms with Crippen LogP contribution in [0.3, 0.4) is 0 Å². The molecule has 0 amide bonds. The Labute approximate surface area is 116 Å². The summed E-state index contributed by atoms with van der Waals surface area (Å²) in [6.45, 7) is 10.5. The molecule has 0 aromatic carbocycles. The number of hydrogen-bond donors (Lipinski definition) is 0. The van der Waals surface area contributed by atoms with E-state index in [0.29, 0.717) is 12.0 Å². The minimum absolute atomic E-state index is 0.586. The highest BCUT2D eigenvalue weighted by Crippen LogP contribution is 2.29. The van der Waals surface area contributed by atoms with Crippen LogP contribution in [0.25, 0.3) is 0 Å². The summed E-state index contributed by atoms with van der Waals surface area (Å²) in [7, 11) is 0. The maximum atomic E-state index is 4.54. The number of fused-ring (bicyclic) bond motifs is 1. The molecule has 0 aliphatic carbocycles. The van der Waals surface area contributed by atoms with E-state index in [4.69, 9.17) is 0 Å². The summed E-state index contributed by atoms with van der Waals surface area (Å²) in [5.74, 6) is 3.83. The first-order valence-corrected chi connectivity index (χ1v) is 7.81. The minimum Gasteiger partial charge on any atom is -0.314 e. The van der Waals surface area contributed by atoms with Gasteiger partial charge in [0.25, 0.3) is 0 Å². The molecule has 0 spiro atoms. The highest BCUT2D eigenvalue weighted by atomic mass is 15.3.